The first-order valence-corrected chi connectivity index (χ1v) is 5.38. The molecule has 0 spiro atoms. The zero-order chi connectivity index (χ0) is 11.3. The Labute approximate surface area is 90.8 Å². The Morgan fingerprint density at radius 1 is 1.53 bits per heavy atom. The molecule has 0 amide bonds. The largest absolute Gasteiger partial charge is 0.395 e. The van der Waals surface area contributed by atoms with Gasteiger partial charge in [0.25, 0.3) is 0 Å². The number of aliphatic hydroxyl groups is 2. The SMILES string of the molecule is Nc1ccn(CSC(CO)CO)c(=O)n1. The normalized spacial score (nSPS) is 10.9. The highest BCUT2D eigenvalue weighted by Gasteiger charge is 2.07. The van der Waals surface area contributed by atoms with Gasteiger partial charge in [0.15, 0.2) is 0 Å². The fourth-order valence-electron chi connectivity index (χ4n) is 0.889. The molecule has 6 nitrogen and oxygen atoms in total. The fraction of sp³-hybridized carbons (Fsp3) is 0.500. The number of aromatic nitrogens is 2. The van der Waals surface area contributed by atoms with Crippen LogP contribution >= 0.6 is 11.8 Å². The summed E-state index contributed by atoms with van der Waals surface area (Å²) in [5.74, 6) is 0.514. The Bertz CT molecular complexity index is 364. The monoisotopic (exact) mass is 231 g/mol. The van der Waals surface area contributed by atoms with Crippen LogP contribution in [0, 0.1) is 0 Å². The van der Waals surface area contributed by atoms with Crippen molar-refractivity contribution in [2.75, 3.05) is 18.9 Å². The molecule has 0 aromatic carbocycles. The van der Waals surface area contributed by atoms with Crippen LogP contribution in [0.4, 0.5) is 5.82 Å². The molecular formula is C8H13N3O3S. The Hall–Kier alpha value is -1.05. The zero-order valence-electron chi connectivity index (χ0n) is 8.04. The first-order valence-electron chi connectivity index (χ1n) is 4.33. The summed E-state index contributed by atoms with van der Waals surface area (Å²) in [6, 6.07) is 1.52. The molecule has 1 rings (SSSR count). The molecule has 4 N–H and O–H groups in total. The third-order valence-electron chi connectivity index (χ3n) is 1.75. The summed E-state index contributed by atoms with van der Waals surface area (Å²) in [5.41, 5.74) is 4.89. The number of nitrogens with two attached hydrogens (primary N) is 1. The van der Waals surface area contributed by atoms with Crippen molar-refractivity contribution < 1.29 is 10.2 Å². The van der Waals surface area contributed by atoms with Gasteiger partial charge in [-0.25, -0.2) is 4.79 Å². The maximum atomic E-state index is 11.3. The van der Waals surface area contributed by atoms with Gasteiger partial charge < -0.3 is 15.9 Å². The van der Waals surface area contributed by atoms with Gasteiger partial charge in [0, 0.05) is 6.20 Å². The second-order valence-electron chi connectivity index (χ2n) is 2.89. The third-order valence-corrected chi connectivity index (χ3v) is 2.95. The molecule has 0 aliphatic rings. The lowest BCUT2D eigenvalue weighted by molar-refractivity contribution is 0.228. The summed E-state index contributed by atoms with van der Waals surface area (Å²) in [7, 11) is 0. The Balaban J connectivity index is 2.61. The fourth-order valence-corrected chi connectivity index (χ4v) is 1.67. The van der Waals surface area contributed by atoms with E-state index in [1.54, 1.807) is 0 Å². The average Bonchev–Trinajstić information content (AvgIpc) is 2.22. The lowest BCUT2D eigenvalue weighted by Crippen LogP contribution is -2.24. The molecule has 1 heterocycles. The lowest BCUT2D eigenvalue weighted by Gasteiger charge is -2.11. The van der Waals surface area contributed by atoms with Crippen molar-refractivity contribution >= 4 is 17.6 Å². The quantitative estimate of drug-likeness (QED) is 0.592. The first-order chi connectivity index (χ1) is 7.17. The highest BCUT2D eigenvalue weighted by atomic mass is 32.2. The minimum Gasteiger partial charge on any atom is -0.395 e. The summed E-state index contributed by atoms with van der Waals surface area (Å²) in [6.45, 7) is -0.253. The van der Waals surface area contributed by atoms with E-state index in [4.69, 9.17) is 15.9 Å². The molecule has 0 saturated heterocycles. The number of hydrogen-bond donors (Lipinski definition) is 3. The van der Waals surface area contributed by atoms with E-state index in [1.807, 2.05) is 0 Å². The number of nitrogen functional groups attached to an aromatic ring is 1. The number of hydrogen-bond acceptors (Lipinski definition) is 6. The number of anilines is 1. The van der Waals surface area contributed by atoms with Gasteiger partial charge in [-0.2, -0.15) is 4.98 Å². The molecule has 15 heavy (non-hydrogen) atoms. The molecule has 0 saturated carbocycles. The van der Waals surface area contributed by atoms with E-state index in [-0.39, 0.29) is 24.3 Å². The van der Waals surface area contributed by atoms with Crippen LogP contribution in [-0.4, -0.2) is 38.2 Å². The van der Waals surface area contributed by atoms with Gasteiger partial charge in [0.05, 0.1) is 24.3 Å². The zero-order valence-corrected chi connectivity index (χ0v) is 8.85. The molecule has 0 radical (unpaired) electrons. The van der Waals surface area contributed by atoms with Crippen molar-refractivity contribution in [3.05, 3.63) is 22.7 Å². The van der Waals surface area contributed by atoms with Gasteiger partial charge in [-0.3, -0.25) is 4.57 Å². The molecule has 0 fully saturated rings. The second-order valence-corrected chi connectivity index (χ2v) is 4.15. The number of aliphatic hydroxyl groups excluding tert-OH is 2. The van der Waals surface area contributed by atoms with E-state index in [0.29, 0.717) is 5.88 Å². The molecule has 0 unspecified atom stereocenters. The van der Waals surface area contributed by atoms with Gasteiger partial charge in [-0.05, 0) is 6.07 Å². The molecule has 0 aliphatic heterocycles. The Kier molecular flexibility index (Phi) is 4.60. The predicted molar refractivity (Wildman–Crippen MR) is 58.5 cm³/mol. The van der Waals surface area contributed by atoms with E-state index < -0.39 is 5.69 Å². The third kappa shape index (κ3) is 3.54. The van der Waals surface area contributed by atoms with Crippen LogP contribution < -0.4 is 11.4 Å². The lowest BCUT2D eigenvalue weighted by atomic mass is 10.5. The molecule has 84 valence electrons. The van der Waals surface area contributed by atoms with E-state index in [9.17, 15) is 4.79 Å². The van der Waals surface area contributed by atoms with Gasteiger partial charge >= 0.3 is 5.69 Å². The molecule has 1 aromatic rings. The van der Waals surface area contributed by atoms with Crippen LogP contribution in [0.1, 0.15) is 0 Å². The van der Waals surface area contributed by atoms with Crippen molar-refractivity contribution in [3.8, 4) is 0 Å². The van der Waals surface area contributed by atoms with Gasteiger partial charge in [0.1, 0.15) is 5.82 Å². The van der Waals surface area contributed by atoms with Crippen LogP contribution in [0.25, 0.3) is 0 Å². The van der Waals surface area contributed by atoms with Gasteiger partial charge in [-0.1, -0.05) is 0 Å². The minimum absolute atomic E-state index is 0.127. The number of thioether (sulfide) groups is 1. The number of nitrogens with zero attached hydrogens (tertiary/aromatic N) is 2. The van der Waals surface area contributed by atoms with Crippen molar-refractivity contribution in [1.82, 2.24) is 9.55 Å². The molecule has 7 heteroatoms. The first kappa shape index (κ1) is 12.0. The van der Waals surface area contributed by atoms with E-state index >= 15 is 0 Å². The molecule has 1 aromatic heterocycles. The maximum absolute atomic E-state index is 11.3. The van der Waals surface area contributed by atoms with Crippen LogP contribution in [0.5, 0.6) is 0 Å². The van der Waals surface area contributed by atoms with E-state index in [0.717, 1.165) is 0 Å². The maximum Gasteiger partial charge on any atom is 0.350 e. The molecule has 0 bridgehead atoms. The summed E-state index contributed by atoms with van der Waals surface area (Å²) >= 11 is 1.28. The van der Waals surface area contributed by atoms with Gasteiger partial charge in [0.2, 0.25) is 0 Å². The molecule has 0 aliphatic carbocycles. The van der Waals surface area contributed by atoms with E-state index in [2.05, 4.69) is 4.98 Å². The average molecular weight is 231 g/mol. The second kappa shape index (κ2) is 5.74. The smallest absolute Gasteiger partial charge is 0.350 e. The van der Waals surface area contributed by atoms with Crippen LogP contribution in [-0.2, 0) is 5.88 Å². The Morgan fingerprint density at radius 3 is 2.73 bits per heavy atom. The van der Waals surface area contributed by atoms with E-state index in [1.165, 1.54) is 28.6 Å². The summed E-state index contributed by atoms with van der Waals surface area (Å²) in [5, 5.41) is 17.3. The molecule has 0 atom stereocenters. The topological polar surface area (TPSA) is 101 Å². The highest BCUT2D eigenvalue weighted by Crippen LogP contribution is 2.11. The van der Waals surface area contributed by atoms with Crippen LogP contribution in [0.15, 0.2) is 17.1 Å². The Morgan fingerprint density at radius 2 is 2.20 bits per heavy atom. The van der Waals surface area contributed by atoms with Crippen molar-refractivity contribution in [2.24, 2.45) is 0 Å². The van der Waals surface area contributed by atoms with Crippen molar-refractivity contribution in [1.29, 1.82) is 0 Å². The minimum atomic E-state index is -0.433. The van der Waals surface area contributed by atoms with Gasteiger partial charge in [-0.15, -0.1) is 11.8 Å². The molecular weight excluding hydrogens is 218 g/mol. The summed E-state index contributed by atoms with van der Waals surface area (Å²) < 4.78 is 1.36. The number of rotatable bonds is 5. The highest BCUT2D eigenvalue weighted by molar-refractivity contribution is 7.99. The predicted octanol–water partition coefficient (Wildman–Crippen LogP) is -1.13. The summed E-state index contributed by atoms with van der Waals surface area (Å²) in [6.07, 6.45) is 1.53. The van der Waals surface area contributed by atoms with Crippen LogP contribution in [0.3, 0.4) is 0 Å². The standard InChI is InChI=1S/C8H13N3O3S/c9-7-1-2-11(8(14)10-7)5-15-6(3-12)4-13/h1-2,6,12-13H,3-5H2,(H2,9,10,14). The summed E-state index contributed by atoms with van der Waals surface area (Å²) in [4.78, 5) is 14.8. The van der Waals surface area contributed by atoms with Crippen molar-refractivity contribution in [3.63, 3.8) is 0 Å². The van der Waals surface area contributed by atoms with Crippen LogP contribution in [0.2, 0.25) is 0 Å². The van der Waals surface area contributed by atoms with Crippen molar-refractivity contribution in [2.45, 2.75) is 11.1 Å².